The maximum Gasteiger partial charge on any atom is 0.317 e. The topological polar surface area (TPSA) is 72.3 Å². The second-order valence-corrected chi connectivity index (χ2v) is 5.23. The largest absolute Gasteiger partial charge is 0.381 e. The lowest BCUT2D eigenvalue weighted by Crippen LogP contribution is -2.56. The summed E-state index contributed by atoms with van der Waals surface area (Å²) in [5.74, 6) is 0.488. The van der Waals surface area contributed by atoms with Crippen LogP contribution in [-0.2, 0) is 11.3 Å². The van der Waals surface area contributed by atoms with Crippen molar-refractivity contribution >= 4 is 6.03 Å². The molecule has 3 rings (SSSR count). The number of carbonyl (C=O) groups excluding carboxylic acids is 1. The Hall–Kier alpha value is -1.63. The summed E-state index contributed by atoms with van der Waals surface area (Å²) >= 11 is 0. The number of nitrogens with zero attached hydrogens (tertiary/aromatic N) is 4. The van der Waals surface area contributed by atoms with E-state index in [0.29, 0.717) is 5.92 Å². The van der Waals surface area contributed by atoms with Gasteiger partial charge >= 0.3 is 6.03 Å². The van der Waals surface area contributed by atoms with Gasteiger partial charge in [0.25, 0.3) is 0 Å². The predicted molar refractivity (Wildman–Crippen MR) is 67.5 cm³/mol. The predicted octanol–water partition coefficient (Wildman–Crippen LogP) is 0.0985. The van der Waals surface area contributed by atoms with Crippen molar-refractivity contribution < 1.29 is 9.53 Å². The standard InChI is InChI=1S/C12H19N5O2/c18-12(14-11-1-5-19-6-2-11)16-7-10(8-16)9-17-4-3-13-15-17/h3-4,10-11H,1-2,5-9H2,(H,14,18). The third-order valence-electron chi connectivity index (χ3n) is 3.71. The van der Waals surface area contributed by atoms with Gasteiger partial charge in [0.05, 0.1) is 6.20 Å². The van der Waals surface area contributed by atoms with Crippen LogP contribution in [0.15, 0.2) is 12.4 Å². The monoisotopic (exact) mass is 265 g/mol. The fraction of sp³-hybridized carbons (Fsp3) is 0.750. The molecule has 1 N–H and O–H groups in total. The Labute approximate surface area is 111 Å². The van der Waals surface area contributed by atoms with Gasteiger partial charge in [-0.05, 0) is 12.8 Å². The highest BCUT2D eigenvalue weighted by atomic mass is 16.5. The van der Waals surface area contributed by atoms with Gasteiger partial charge in [0, 0.05) is 51.0 Å². The van der Waals surface area contributed by atoms with Crippen molar-refractivity contribution in [2.45, 2.75) is 25.4 Å². The minimum atomic E-state index is 0.0572. The van der Waals surface area contributed by atoms with Crippen molar-refractivity contribution in [2.75, 3.05) is 26.3 Å². The van der Waals surface area contributed by atoms with Crippen LogP contribution in [0.25, 0.3) is 0 Å². The van der Waals surface area contributed by atoms with E-state index >= 15 is 0 Å². The van der Waals surface area contributed by atoms with Crippen molar-refractivity contribution in [3.63, 3.8) is 0 Å². The molecule has 0 bridgehead atoms. The Balaban J connectivity index is 1.39. The number of hydrogen-bond acceptors (Lipinski definition) is 4. The number of likely N-dealkylation sites (tertiary alicyclic amines) is 1. The molecule has 7 heteroatoms. The lowest BCUT2D eigenvalue weighted by Gasteiger charge is -2.40. The third-order valence-corrected chi connectivity index (χ3v) is 3.71. The molecule has 0 saturated carbocycles. The average Bonchev–Trinajstić information content (AvgIpc) is 2.87. The smallest absolute Gasteiger partial charge is 0.317 e. The molecule has 0 atom stereocenters. The van der Waals surface area contributed by atoms with Gasteiger partial charge in [0.15, 0.2) is 0 Å². The van der Waals surface area contributed by atoms with Crippen LogP contribution < -0.4 is 5.32 Å². The van der Waals surface area contributed by atoms with Gasteiger partial charge in [0.2, 0.25) is 0 Å². The summed E-state index contributed by atoms with van der Waals surface area (Å²) < 4.78 is 7.10. The molecule has 0 aliphatic carbocycles. The fourth-order valence-electron chi connectivity index (χ4n) is 2.55. The van der Waals surface area contributed by atoms with E-state index in [1.807, 2.05) is 15.8 Å². The van der Waals surface area contributed by atoms with Crippen molar-refractivity contribution in [3.05, 3.63) is 12.4 Å². The van der Waals surface area contributed by atoms with E-state index in [-0.39, 0.29) is 12.1 Å². The average molecular weight is 265 g/mol. The summed E-state index contributed by atoms with van der Waals surface area (Å²) in [6.07, 6.45) is 5.36. The Kier molecular flexibility index (Phi) is 3.63. The van der Waals surface area contributed by atoms with Crippen LogP contribution in [0, 0.1) is 5.92 Å². The third kappa shape index (κ3) is 3.04. The normalized spacial score (nSPS) is 21.2. The quantitative estimate of drug-likeness (QED) is 0.841. The molecule has 2 aliphatic heterocycles. The first-order valence-corrected chi connectivity index (χ1v) is 6.78. The van der Waals surface area contributed by atoms with Crippen LogP contribution in [0.1, 0.15) is 12.8 Å². The minimum Gasteiger partial charge on any atom is -0.381 e. The zero-order valence-electron chi connectivity index (χ0n) is 10.9. The molecule has 0 radical (unpaired) electrons. The molecule has 2 fully saturated rings. The zero-order chi connectivity index (χ0) is 13.1. The summed E-state index contributed by atoms with van der Waals surface area (Å²) in [6.45, 7) is 3.94. The van der Waals surface area contributed by atoms with Crippen LogP contribution in [0.2, 0.25) is 0 Å². The Bertz CT molecular complexity index is 410. The number of aromatic nitrogens is 3. The summed E-state index contributed by atoms with van der Waals surface area (Å²) in [6, 6.07) is 0.331. The number of hydrogen-bond donors (Lipinski definition) is 1. The molecule has 3 heterocycles. The number of rotatable bonds is 3. The van der Waals surface area contributed by atoms with Crippen LogP contribution >= 0.6 is 0 Å². The van der Waals surface area contributed by atoms with Gasteiger partial charge in [-0.15, -0.1) is 5.10 Å². The van der Waals surface area contributed by atoms with E-state index in [1.165, 1.54) is 0 Å². The molecule has 7 nitrogen and oxygen atoms in total. The number of carbonyl (C=O) groups is 1. The summed E-state index contributed by atoms with van der Waals surface area (Å²) in [5, 5.41) is 10.8. The SMILES string of the molecule is O=C(NC1CCOCC1)N1CC(Cn2ccnn2)C1. The molecule has 104 valence electrons. The number of urea groups is 1. The maximum absolute atomic E-state index is 12.0. The molecule has 0 spiro atoms. The van der Waals surface area contributed by atoms with Crippen LogP contribution in [0.5, 0.6) is 0 Å². The van der Waals surface area contributed by atoms with E-state index in [1.54, 1.807) is 6.20 Å². The van der Waals surface area contributed by atoms with Gasteiger partial charge < -0.3 is 15.0 Å². The van der Waals surface area contributed by atoms with Gasteiger partial charge in [-0.3, -0.25) is 4.68 Å². The van der Waals surface area contributed by atoms with Crippen LogP contribution in [-0.4, -0.2) is 58.3 Å². The van der Waals surface area contributed by atoms with E-state index in [2.05, 4.69) is 15.6 Å². The molecule has 19 heavy (non-hydrogen) atoms. The molecule has 2 amide bonds. The molecule has 2 saturated heterocycles. The van der Waals surface area contributed by atoms with Crippen molar-refractivity contribution in [3.8, 4) is 0 Å². The van der Waals surface area contributed by atoms with Crippen molar-refractivity contribution in [1.29, 1.82) is 0 Å². The van der Waals surface area contributed by atoms with Crippen LogP contribution in [0.3, 0.4) is 0 Å². The van der Waals surface area contributed by atoms with Crippen LogP contribution in [0.4, 0.5) is 4.79 Å². The number of ether oxygens (including phenoxy) is 1. The summed E-state index contributed by atoms with van der Waals surface area (Å²) in [4.78, 5) is 13.8. The molecule has 0 aromatic carbocycles. The Morgan fingerprint density at radius 2 is 2.16 bits per heavy atom. The van der Waals surface area contributed by atoms with E-state index in [9.17, 15) is 4.79 Å². The lowest BCUT2D eigenvalue weighted by atomic mass is 10.0. The molecule has 0 unspecified atom stereocenters. The van der Waals surface area contributed by atoms with Crippen molar-refractivity contribution in [1.82, 2.24) is 25.2 Å². The van der Waals surface area contributed by atoms with Gasteiger partial charge in [0.1, 0.15) is 0 Å². The van der Waals surface area contributed by atoms with E-state index < -0.39 is 0 Å². The number of nitrogens with one attached hydrogen (secondary N) is 1. The van der Waals surface area contributed by atoms with Gasteiger partial charge in [-0.25, -0.2) is 4.79 Å². The van der Waals surface area contributed by atoms with Crippen molar-refractivity contribution in [2.24, 2.45) is 5.92 Å². The fourth-order valence-corrected chi connectivity index (χ4v) is 2.55. The first-order chi connectivity index (χ1) is 9.31. The highest BCUT2D eigenvalue weighted by molar-refractivity contribution is 5.75. The first kappa shape index (κ1) is 12.4. The second kappa shape index (κ2) is 5.56. The Morgan fingerprint density at radius 1 is 1.37 bits per heavy atom. The second-order valence-electron chi connectivity index (χ2n) is 5.23. The number of amides is 2. The lowest BCUT2D eigenvalue weighted by molar-refractivity contribution is 0.0704. The Morgan fingerprint density at radius 3 is 2.84 bits per heavy atom. The maximum atomic E-state index is 12.0. The molecule has 2 aliphatic rings. The van der Waals surface area contributed by atoms with E-state index in [4.69, 9.17) is 4.74 Å². The molecule has 1 aromatic heterocycles. The molecule has 1 aromatic rings. The zero-order valence-corrected chi connectivity index (χ0v) is 10.9. The van der Waals surface area contributed by atoms with Gasteiger partial charge in [-0.1, -0.05) is 5.21 Å². The molecular weight excluding hydrogens is 246 g/mol. The highest BCUT2D eigenvalue weighted by Gasteiger charge is 2.32. The summed E-state index contributed by atoms with van der Waals surface area (Å²) in [5.41, 5.74) is 0. The summed E-state index contributed by atoms with van der Waals surface area (Å²) in [7, 11) is 0. The molecular formula is C12H19N5O2. The van der Waals surface area contributed by atoms with E-state index in [0.717, 1.165) is 45.7 Å². The first-order valence-electron chi connectivity index (χ1n) is 6.78. The van der Waals surface area contributed by atoms with Gasteiger partial charge in [-0.2, -0.15) is 0 Å². The highest BCUT2D eigenvalue weighted by Crippen LogP contribution is 2.17. The minimum absolute atomic E-state index is 0.0572.